The van der Waals surface area contributed by atoms with Crippen molar-refractivity contribution in [3.63, 3.8) is 0 Å². The van der Waals surface area contributed by atoms with Crippen molar-refractivity contribution in [1.29, 1.82) is 0 Å². The third-order valence-electron chi connectivity index (χ3n) is 4.93. The maximum Gasteiger partial charge on any atom is 0.416 e. The number of hydrogen-bond acceptors (Lipinski definition) is 3. The predicted molar refractivity (Wildman–Crippen MR) is 94.6 cm³/mol. The predicted octanol–water partition coefficient (Wildman–Crippen LogP) is 3.62. The number of nitrogens with zero attached hydrogens (tertiary/aromatic N) is 3. The van der Waals surface area contributed by atoms with Gasteiger partial charge >= 0.3 is 6.18 Å². The van der Waals surface area contributed by atoms with Gasteiger partial charge in [-0.05, 0) is 62.9 Å². The highest BCUT2D eigenvalue weighted by Crippen LogP contribution is 2.31. The van der Waals surface area contributed by atoms with Crippen LogP contribution < -0.4 is 0 Å². The molecule has 1 saturated heterocycles. The second-order valence-electron chi connectivity index (χ2n) is 6.98. The van der Waals surface area contributed by atoms with E-state index < -0.39 is 21.8 Å². The molecule has 1 aliphatic rings. The van der Waals surface area contributed by atoms with Crippen molar-refractivity contribution in [2.24, 2.45) is 5.92 Å². The number of rotatable bonds is 4. The van der Waals surface area contributed by atoms with Crippen molar-refractivity contribution in [3.05, 3.63) is 47.3 Å². The normalized spacial score (nSPS) is 17.4. The number of sulfonamides is 1. The molecule has 9 heteroatoms. The molecule has 148 valence electrons. The van der Waals surface area contributed by atoms with Crippen LogP contribution in [0.1, 0.15) is 29.8 Å². The van der Waals surface area contributed by atoms with Crippen LogP contribution in [0.4, 0.5) is 13.2 Å². The second-order valence-corrected chi connectivity index (χ2v) is 8.92. The Bertz CT molecular complexity index is 897. The fraction of sp³-hybridized carbons (Fsp3) is 0.500. The van der Waals surface area contributed by atoms with E-state index in [1.165, 1.54) is 4.31 Å². The van der Waals surface area contributed by atoms with Gasteiger partial charge in [-0.2, -0.15) is 22.6 Å². The molecule has 0 amide bonds. The number of hydrogen-bond donors (Lipinski definition) is 0. The van der Waals surface area contributed by atoms with Crippen molar-refractivity contribution in [2.45, 2.75) is 44.3 Å². The molecule has 0 saturated carbocycles. The van der Waals surface area contributed by atoms with Gasteiger partial charge in [-0.1, -0.05) is 0 Å². The molecular weight excluding hydrogens is 379 g/mol. The summed E-state index contributed by atoms with van der Waals surface area (Å²) in [7, 11) is -3.78. The first-order valence-corrected chi connectivity index (χ1v) is 10.2. The monoisotopic (exact) mass is 401 g/mol. The SMILES string of the molecule is Cc1cc(C)n(CC2CCN(S(=O)(=O)c3ccc(C(F)(F)F)cc3)CC2)n1. The number of benzene rings is 1. The van der Waals surface area contributed by atoms with Crippen LogP contribution in [-0.2, 0) is 22.7 Å². The van der Waals surface area contributed by atoms with Crippen molar-refractivity contribution < 1.29 is 21.6 Å². The molecule has 1 aromatic carbocycles. The lowest BCUT2D eigenvalue weighted by molar-refractivity contribution is -0.137. The largest absolute Gasteiger partial charge is 0.416 e. The molecule has 0 bridgehead atoms. The molecule has 0 unspecified atom stereocenters. The van der Waals surface area contributed by atoms with E-state index in [-0.39, 0.29) is 4.90 Å². The van der Waals surface area contributed by atoms with Gasteiger partial charge in [-0.3, -0.25) is 4.68 Å². The highest BCUT2D eigenvalue weighted by atomic mass is 32.2. The van der Waals surface area contributed by atoms with E-state index in [1.54, 1.807) is 0 Å². The summed E-state index contributed by atoms with van der Waals surface area (Å²) in [6.07, 6.45) is -3.10. The van der Waals surface area contributed by atoms with Crippen LogP contribution in [0.2, 0.25) is 0 Å². The molecule has 1 fully saturated rings. The second kappa shape index (κ2) is 7.27. The van der Waals surface area contributed by atoms with E-state index in [0.717, 1.165) is 42.2 Å². The van der Waals surface area contributed by atoms with Crippen molar-refractivity contribution in [1.82, 2.24) is 14.1 Å². The molecule has 3 rings (SSSR count). The Hall–Kier alpha value is -1.87. The van der Waals surface area contributed by atoms with Gasteiger partial charge in [0.2, 0.25) is 10.0 Å². The van der Waals surface area contributed by atoms with Gasteiger partial charge in [0.15, 0.2) is 0 Å². The van der Waals surface area contributed by atoms with Crippen LogP contribution in [0.15, 0.2) is 35.2 Å². The molecule has 1 aromatic heterocycles. The van der Waals surface area contributed by atoms with E-state index in [9.17, 15) is 21.6 Å². The quantitative estimate of drug-likeness (QED) is 0.786. The Labute approximate surface area is 156 Å². The van der Waals surface area contributed by atoms with Gasteiger partial charge in [-0.25, -0.2) is 8.42 Å². The third-order valence-corrected chi connectivity index (χ3v) is 6.84. The average molecular weight is 401 g/mol. The molecule has 0 spiro atoms. The Morgan fingerprint density at radius 1 is 1.11 bits per heavy atom. The van der Waals surface area contributed by atoms with Crippen LogP contribution in [-0.4, -0.2) is 35.6 Å². The number of halogens is 3. The first-order chi connectivity index (χ1) is 12.6. The third kappa shape index (κ3) is 4.35. The first kappa shape index (κ1) is 19.9. The molecule has 0 atom stereocenters. The number of aryl methyl sites for hydroxylation is 2. The van der Waals surface area contributed by atoms with Gasteiger partial charge in [0.25, 0.3) is 0 Å². The number of alkyl halides is 3. The molecule has 2 heterocycles. The first-order valence-electron chi connectivity index (χ1n) is 8.76. The highest BCUT2D eigenvalue weighted by molar-refractivity contribution is 7.89. The van der Waals surface area contributed by atoms with E-state index in [4.69, 9.17) is 0 Å². The minimum Gasteiger partial charge on any atom is -0.269 e. The minimum absolute atomic E-state index is 0.104. The minimum atomic E-state index is -4.48. The molecule has 2 aromatic rings. The lowest BCUT2D eigenvalue weighted by Crippen LogP contribution is -2.39. The van der Waals surface area contributed by atoms with Crippen LogP contribution in [0.5, 0.6) is 0 Å². The standard InChI is InChI=1S/C18H22F3N3O2S/c1-13-11-14(2)24(22-13)12-15-7-9-23(10-8-15)27(25,26)17-5-3-16(4-6-17)18(19,20)21/h3-6,11,15H,7-10,12H2,1-2H3. The van der Waals surface area contributed by atoms with Crippen molar-refractivity contribution in [3.8, 4) is 0 Å². The molecule has 27 heavy (non-hydrogen) atoms. The van der Waals surface area contributed by atoms with Gasteiger partial charge in [-0.15, -0.1) is 0 Å². The van der Waals surface area contributed by atoms with Crippen LogP contribution in [0, 0.1) is 19.8 Å². The Morgan fingerprint density at radius 3 is 2.19 bits per heavy atom. The van der Waals surface area contributed by atoms with Crippen LogP contribution >= 0.6 is 0 Å². The molecule has 0 aliphatic carbocycles. The Balaban J connectivity index is 1.65. The maximum atomic E-state index is 12.7. The molecule has 0 radical (unpaired) electrons. The van der Waals surface area contributed by atoms with Gasteiger partial charge in [0.05, 0.1) is 16.2 Å². The average Bonchev–Trinajstić information content (AvgIpc) is 2.92. The summed E-state index contributed by atoms with van der Waals surface area (Å²) in [4.78, 5) is -0.104. The zero-order valence-electron chi connectivity index (χ0n) is 15.2. The summed E-state index contributed by atoms with van der Waals surface area (Å²) in [5, 5.41) is 4.44. The summed E-state index contributed by atoms with van der Waals surface area (Å²) < 4.78 is 66.7. The van der Waals surface area contributed by atoms with E-state index in [1.807, 2.05) is 24.6 Å². The summed E-state index contributed by atoms with van der Waals surface area (Å²) in [5.74, 6) is 0.321. The number of aromatic nitrogens is 2. The highest BCUT2D eigenvalue weighted by Gasteiger charge is 2.33. The summed E-state index contributed by atoms with van der Waals surface area (Å²) in [6, 6.07) is 5.68. The van der Waals surface area contributed by atoms with Gasteiger partial charge in [0, 0.05) is 25.3 Å². The maximum absolute atomic E-state index is 12.7. The Kier molecular flexibility index (Phi) is 5.36. The molecule has 5 nitrogen and oxygen atoms in total. The molecule has 0 N–H and O–H groups in total. The zero-order valence-corrected chi connectivity index (χ0v) is 16.0. The van der Waals surface area contributed by atoms with Crippen LogP contribution in [0.3, 0.4) is 0 Å². The smallest absolute Gasteiger partial charge is 0.269 e. The van der Waals surface area contributed by atoms with Gasteiger partial charge in [0.1, 0.15) is 0 Å². The molecule has 1 aliphatic heterocycles. The molecular formula is C18H22F3N3O2S. The van der Waals surface area contributed by atoms with E-state index >= 15 is 0 Å². The van der Waals surface area contributed by atoms with E-state index in [2.05, 4.69) is 5.10 Å². The fourth-order valence-corrected chi connectivity index (χ4v) is 4.87. The van der Waals surface area contributed by atoms with Gasteiger partial charge < -0.3 is 0 Å². The summed E-state index contributed by atoms with van der Waals surface area (Å²) in [6.45, 7) is 5.38. The summed E-state index contributed by atoms with van der Waals surface area (Å²) >= 11 is 0. The fourth-order valence-electron chi connectivity index (χ4n) is 3.40. The number of piperidine rings is 1. The summed E-state index contributed by atoms with van der Waals surface area (Å²) in [5.41, 5.74) is 1.17. The van der Waals surface area contributed by atoms with Crippen LogP contribution in [0.25, 0.3) is 0 Å². The Morgan fingerprint density at radius 2 is 1.70 bits per heavy atom. The van der Waals surface area contributed by atoms with Crippen molar-refractivity contribution in [2.75, 3.05) is 13.1 Å². The lowest BCUT2D eigenvalue weighted by Gasteiger charge is -2.31. The zero-order chi connectivity index (χ0) is 19.8. The lowest BCUT2D eigenvalue weighted by atomic mass is 9.98. The van der Waals surface area contributed by atoms with Crippen molar-refractivity contribution >= 4 is 10.0 Å². The van der Waals surface area contributed by atoms with E-state index in [0.29, 0.717) is 31.8 Å². The topological polar surface area (TPSA) is 55.2 Å².